The van der Waals surface area contributed by atoms with Crippen molar-refractivity contribution in [1.29, 1.82) is 0 Å². The van der Waals surface area contributed by atoms with Gasteiger partial charge >= 0.3 is 0 Å². The fourth-order valence-corrected chi connectivity index (χ4v) is 3.37. The second kappa shape index (κ2) is 6.15. The molecule has 1 aromatic heterocycles. The Morgan fingerprint density at radius 3 is 2.71 bits per heavy atom. The van der Waals surface area contributed by atoms with E-state index in [0.29, 0.717) is 0 Å². The lowest BCUT2D eigenvalue weighted by Crippen LogP contribution is -2.51. The van der Waals surface area contributed by atoms with Crippen LogP contribution in [0.1, 0.15) is 30.7 Å². The number of carbonyl (C=O) groups excluding carboxylic acids is 1. The molecule has 0 unspecified atom stereocenters. The summed E-state index contributed by atoms with van der Waals surface area (Å²) in [4.78, 5) is 16.8. The first kappa shape index (κ1) is 14.5. The van der Waals surface area contributed by atoms with Crippen molar-refractivity contribution in [3.63, 3.8) is 0 Å². The molecule has 2 heterocycles. The molecular formula is C15H24N4O2. The molecule has 2 N–H and O–H groups in total. The number of hydrogen-bond acceptors (Lipinski definition) is 5. The Balaban J connectivity index is 1.49. The number of nitrogens with two attached hydrogens (primary N) is 1. The van der Waals surface area contributed by atoms with Crippen LogP contribution in [0.25, 0.3) is 0 Å². The van der Waals surface area contributed by atoms with Crippen molar-refractivity contribution in [2.75, 3.05) is 26.2 Å². The van der Waals surface area contributed by atoms with E-state index in [9.17, 15) is 4.79 Å². The van der Waals surface area contributed by atoms with Gasteiger partial charge in [-0.05, 0) is 19.8 Å². The summed E-state index contributed by atoms with van der Waals surface area (Å²) in [6.45, 7) is 6.03. The maximum Gasteiger partial charge on any atom is 0.227 e. The summed E-state index contributed by atoms with van der Waals surface area (Å²) >= 11 is 0. The molecule has 2 fully saturated rings. The van der Waals surface area contributed by atoms with Gasteiger partial charge in [-0.1, -0.05) is 11.6 Å². The number of hydrogen-bond donors (Lipinski definition) is 1. The van der Waals surface area contributed by atoms with Crippen LogP contribution >= 0.6 is 0 Å². The van der Waals surface area contributed by atoms with Crippen LogP contribution in [-0.4, -0.2) is 53.1 Å². The molecule has 0 aromatic carbocycles. The molecule has 0 radical (unpaired) electrons. The lowest BCUT2D eigenvalue weighted by atomic mass is 10.0. The van der Waals surface area contributed by atoms with Crippen LogP contribution in [0.5, 0.6) is 0 Å². The maximum atomic E-state index is 12.5. The highest BCUT2D eigenvalue weighted by Gasteiger charge is 2.34. The summed E-state index contributed by atoms with van der Waals surface area (Å²) in [7, 11) is 0. The van der Waals surface area contributed by atoms with E-state index in [1.807, 2.05) is 17.9 Å². The van der Waals surface area contributed by atoms with Gasteiger partial charge in [-0.15, -0.1) is 0 Å². The Kier molecular flexibility index (Phi) is 4.26. The van der Waals surface area contributed by atoms with Crippen LogP contribution in [0.4, 0.5) is 0 Å². The van der Waals surface area contributed by atoms with E-state index in [1.165, 1.54) is 0 Å². The molecule has 1 saturated heterocycles. The van der Waals surface area contributed by atoms with Crippen LogP contribution < -0.4 is 5.73 Å². The van der Waals surface area contributed by atoms with Crippen molar-refractivity contribution in [2.24, 2.45) is 11.7 Å². The SMILES string of the molecule is Cc1cc(CN2CCN(C(=O)[C@H]3CCC[C@@H]3N)CC2)on1. The predicted molar refractivity (Wildman–Crippen MR) is 78.4 cm³/mol. The number of aromatic nitrogens is 1. The van der Waals surface area contributed by atoms with Gasteiger partial charge in [-0.2, -0.15) is 0 Å². The van der Waals surface area contributed by atoms with Crippen molar-refractivity contribution in [1.82, 2.24) is 15.0 Å². The molecule has 116 valence electrons. The number of rotatable bonds is 3. The number of aryl methyl sites for hydroxylation is 1. The number of nitrogens with zero attached hydrogens (tertiary/aromatic N) is 3. The van der Waals surface area contributed by atoms with Crippen molar-refractivity contribution < 1.29 is 9.32 Å². The van der Waals surface area contributed by atoms with E-state index in [1.54, 1.807) is 0 Å². The Bertz CT molecular complexity index is 494. The van der Waals surface area contributed by atoms with Crippen LogP contribution in [0, 0.1) is 12.8 Å². The molecule has 1 amide bonds. The van der Waals surface area contributed by atoms with Crippen LogP contribution in [-0.2, 0) is 11.3 Å². The van der Waals surface area contributed by atoms with Gasteiger partial charge in [0, 0.05) is 38.3 Å². The van der Waals surface area contributed by atoms with E-state index in [-0.39, 0.29) is 17.9 Å². The minimum atomic E-state index is 0.0495. The molecule has 2 aliphatic rings. The second-order valence-electron chi connectivity index (χ2n) is 6.24. The first-order valence-electron chi connectivity index (χ1n) is 7.82. The molecule has 0 bridgehead atoms. The lowest BCUT2D eigenvalue weighted by molar-refractivity contribution is -0.137. The van der Waals surface area contributed by atoms with Gasteiger partial charge in [0.2, 0.25) is 5.91 Å². The summed E-state index contributed by atoms with van der Waals surface area (Å²) in [6.07, 6.45) is 3.03. The molecule has 6 nitrogen and oxygen atoms in total. The van der Waals surface area contributed by atoms with Crippen LogP contribution in [0.2, 0.25) is 0 Å². The van der Waals surface area contributed by atoms with Crippen molar-refractivity contribution >= 4 is 5.91 Å². The molecule has 1 saturated carbocycles. The molecule has 21 heavy (non-hydrogen) atoms. The van der Waals surface area contributed by atoms with E-state index in [0.717, 1.165) is 63.4 Å². The van der Waals surface area contributed by atoms with Crippen LogP contribution in [0.15, 0.2) is 10.6 Å². The molecule has 6 heteroatoms. The van der Waals surface area contributed by atoms with E-state index < -0.39 is 0 Å². The van der Waals surface area contributed by atoms with Gasteiger partial charge in [0.25, 0.3) is 0 Å². The van der Waals surface area contributed by atoms with Gasteiger partial charge < -0.3 is 15.2 Å². The standard InChI is InChI=1S/C15H24N4O2/c1-11-9-12(21-17-11)10-18-5-7-19(8-6-18)15(20)13-3-2-4-14(13)16/h9,13-14H,2-8,10,16H2,1H3/t13-,14-/m0/s1. The predicted octanol–water partition coefficient (Wildman–Crippen LogP) is 0.755. The van der Waals surface area contributed by atoms with Gasteiger partial charge in [0.1, 0.15) is 0 Å². The summed E-state index contributed by atoms with van der Waals surface area (Å²) in [5.74, 6) is 1.20. The second-order valence-corrected chi connectivity index (χ2v) is 6.24. The summed E-state index contributed by atoms with van der Waals surface area (Å²) in [5.41, 5.74) is 6.95. The lowest BCUT2D eigenvalue weighted by Gasteiger charge is -2.36. The summed E-state index contributed by atoms with van der Waals surface area (Å²) in [6, 6.07) is 2.03. The normalized spacial score (nSPS) is 27.2. The molecule has 1 aliphatic heterocycles. The molecular weight excluding hydrogens is 268 g/mol. The van der Waals surface area contributed by atoms with Crippen LogP contribution in [0.3, 0.4) is 0 Å². The Hall–Kier alpha value is -1.40. The third-order valence-corrected chi connectivity index (χ3v) is 4.63. The zero-order chi connectivity index (χ0) is 14.8. The largest absolute Gasteiger partial charge is 0.360 e. The zero-order valence-electron chi connectivity index (χ0n) is 12.6. The molecule has 1 aliphatic carbocycles. The van der Waals surface area contributed by atoms with Crippen molar-refractivity contribution in [2.45, 2.75) is 38.8 Å². The first-order chi connectivity index (χ1) is 10.1. The fraction of sp³-hybridized carbons (Fsp3) is 0.733. The Morgan fingerprint density at radius 2 is 2.14 bits per heavy atom. The minimum absolute atomic E-state index is 0.0495. The molecule has 2 atom stereocenters. The summed E-state index contributed by atoms with van der Waals surface area (Å²) < 4.78 is 5.25. The van der Waals surface area contributed by atoms with E-state index in [4.69, 9.17) is 10.3 Å². The minimum Gasteiger partial charge on any atom is -0.360 e. The third kappa shape index (κ3) is 3.27. The monoisotopic (exact) mass is 292 g/mol. The third-order valence-electron chi connectivity index (χ3n) is 4.63. The number of amides is 1. The molecule has 1 aromatic rings. The highest BCUT2D eigenvalue weighted by molar-refractivity contribution is 5.80. The van der Waals surface area contributed by atoms with E-state index >= 15 is 0 Å². The number of piperazine rings is 1. The molecule has 3 rings (SSSR count). The van der Waals surface area contributed by atoms with Gasteiger partial charge in [-0.25, -0.2) is 0 Å². The fourth-order valence-electron chi connectivity index (χ4n) is 3.37. The maximum absolute atomic E-state index is 12.5. The van der Waals surface area contributed by atoms with Crippen molar-refractivity contribution in [3.8, 4) is 0 Å². The zero-order valence-corrected chi connectivity index (χ0v) is 12.6. The van der Waals surface area contributed by atoms with Crippen molar-refractivity contribution in [3.05, 3.63) is 17.5 Å². The Labute approximate surface area is 125 Å². The summed E-state index contributed by atoms with van der Waals surface area (Å²) in [5, 5.41) is 3.91. The molecule has 0 spiro atoms. The Morgan fingerprint density at radius 1 is 1.38 bits per heavy atom. The average Bonchev–Trinajstić information content (AvgIpc) is 3.08. The first-order valence-corrected chi connectivity index (χ1v) is 7.82. The smallest absolute Gasteiger partial charge is 0.227 e. The quantitative estimate of drug-likeness (QED) is 0.890. The highest BCUT2D eigenvalue weighted by Crippen LogP contribution is 2.26. The van der Waals surface area contributed by atoms with Gasteiger partial charge in [0.15, 0.2) is 5.76 Å². The average molecular weight is 292 g/mol. The van der Waals surface area contributed by atoms with Gasteiger partial charge in [0.05, 0.1) is 18.2 Å². The highest BCUT2D eigenvalue weighted by atomic mass is 16.5. The van der Waals surface area contributed by atoms with E-state index in [2.05, 4.69) is 10.1 Å². The topological polar surface area (TPSA) is 75.6 Å². The van der Waals surface area contributed by atoms with Gasteiger partial charge in [-0.3, -0.25) is 9.69 Å². The number of carbonyl (C=O) groups is 1.